The smallest absolute Gasteiger partial charge is 0.205 e. The van der Waals surface area contributed by atoms with Gasteiger partial charge in [-0.3, -0.25) is 4.79 Å². The third-order valence-electron chi connectivity index (χ3n) is 4.34. The van der Waals surface area contributed by atoms with Crippen LogP contribution in [0.3, 0.4) is 0 Å². The summed E-state index contributed by atoms with van der Waals surface area (Å²) in [7, 11) is 1.55. The van der Waals surface area contributed by atoms with Crippen LogP contribution in [-0.2, 0) is 0 Å². The fourth-order valence-electron chi connectivity index (χ4n) is 3.13. The zero-order chi connectivity index (χ0) is 20.3. The average Bonchev–Trinajstić information content (AvgIpc) is 3.03. The van der Waals surface area contributed by atoms with E-state index in [2.05, 4.69) is 20.9 Å². The molecular weight excluding hydrogens is 420 g/mol. The van der Waals surface area contributed by atoms with E-state index in [1.165, 1.54) is 0 Å². The van der Waals surface area contributed by atoms with Crippen molar-refractivity contribution in [3.05, 3.63) is 63.3 Å². The molecule has 1 heterocycles. The number of halogens is 1. The lowest BCUT2D eigenvalue weighted by Gasteiger charge is -2.12. The molecule has 0 aliphatic heterocycles. The van der Waals surface area contributed by atoms with Gasteiger partial charge in [-0.15, -0.1) is 0 Å². The van der Waals surface area contributed by atoms with E-state index < -0.39 is 0 Å². The van der Waals surface area contributed by atoms with Crippen molar-refractivity contribution in [3.63, 3.8) is 0 Å². The van der Waals surface area contributed by atoms with Gasteiger partial charge < -0.3 is 14.5 Å². The topological polar surface area (TPSA) is 75.1 Å². The van der Waals surface area contributed by atoms with E-state index in [-0.39, 0.29) is 11.4 Å². The first kappa shape index (κ1) is 19.7. The molecule has 0 aliphatic rings. The number of rotatable bonds is 6. The van der Waals surface area contributed by atoms with E-state index in [1.807, 2.05) is 44.2 Å². The van der Waals surface area contributed by atoms with Crippen molar-refractivity contribution < 1.29 is 14.3 Å². The van der Waals surface area contributed by atoms with E-state index >= 15 is 0 Å². The first-order chi connectivity index (χ1) is 13.5. The Labute approximate surface area is 171 Å². The first-order valence-corrected chi connectivity index (χ1v) is 9.53. The second kappa shape index (κ2) is 8.32. The van der Waals surface area contributed by atoms with Gasteiger partial charge in [-0.05, 0) is 59.6 Å². The van der Waals surface area contributed by atoms with E-state index in [1.54, 1.807) is 25.3 Å². The summed E-state index contributed by atoms with van der Waals surface area (Å²) in [5.74, 6) is 0.788. The number of aromatic amines is 1. The minimum atomic E-state index is -0.318. The minimum Gasteiger partial charge on any atom is -0.493 e. The molecule has 0 saturated heterocycles. The highest BCUT2D eigenvalue weighted by molar-refractivity contribution is 9.10. The average molecular weight is 439 g/mol. The maximum absolute atomic E-state index is 13.1. The SMILES string of the molecule is CCOc1c(Br)cc(C=C(C#N)C(=O)c2c(C)[nH]c3ccccc23)cc1OC. The minimum absolute atomic E-state index is 0.0472. The number of carbonyl (C=O) groups excluding carboxylic acids is 1. The number of fused-ring (bicyclic) bond motifs is 1. The molecule has 2 aromatic carbocycles. The third kappa shape index (κ3) is 3.67. The van der Waals surface area contributed by atoms with Crippen LogP contribution in [0.5, 0.6) is 11.5 Å². The first-order valence-electron chi connectivity index (χ1n) is 8.74. The molecule has 28 heavy (non-hydrogen) atoms. The number of aromatic nitrogens is 1. The molecule has 0 fully saturated rings. The van der Waals surface area contributed by atoms with Crippen LogP contribution in [0.2, 0.25) is 0 Å². The maximum atomic E-state index is 13.1. The van der Waals surface area contributed by atoms with Crippen molar-refractivity contribution in [2.45, 2.75) is 13.8 Å². The van der Waals surface area contributed by atoms with Crippen molar-refractivity contribution in [2.24, 2.45) is 0 Å². The molecule has 3 aromatic rings. The van der Waals surface area contributed by atoms with Gasteiger partial charge in [0, 0.05) is 16.6 Å². The number of ether oxygens (including phenoxy) is 2. The summed E-state index contributed by atoms with van der Waals surface area (Å²) in [5.41, 5.74) is 2.82. The highest BCUT2D eigenvalue weighted by Crippen LogP contribution is 2.37. The molecule has 142 valence electrons. The summed E-state index contributed by atoms with van der Waals surface area (Å²) < 4.78 is 11.7. The molecular formula is C22H19BrN2O3. The Morgan fingerprint density at radius 2 is 2.07 bits per heavy atom. The Balaban J connectivity index is 2.07. The van der Waals surface area contributed by atoms with Gasteiger partial charge in [-0.25, -0.2) is 0 Å². The van der Waals surface area contributed by atoms with E-state index in [0.29, 0.717) is 33.7 Å². The lowest BCUT2D eigenvalue weighted by atomic mass is 9.99. The fourth-order valence-corrected chi connectivity index (χ4v) is 3.70. The maximum Gasteiger partial charge on any atom is 0.205 e. The number of allylic oxidation sites excluding steroid dienone is 1. The number of ketones is 1. The molecule has 5 nitrogen and oxygen atoms in total. The molecule has 0 bridgehead atoms. The lowest BCUT2D eigenvalue weighted by Crippen LogP contribution is -2.03. The zero-order valence-corrected chi connectivity index (χ0v) is 17.4. The highest BCUT2D eigenvalue weighted by Gasteiger charge is 2.20. The van der Waals surface area contributed by atoms with Crippen LogP contribution in [0.15, 0.2) is 46.4 Å². The normalized spacial score (nSPS) is 11.3. The summed E-state index contributed by atoms with van der Waals surface area (Å²) in [6, 6.07) is 13.1. The van der Waals surface area contributed by atoms with Crippen molar-refractivity contribution in [1.82, 2.24) is 4.98 Å². The number of hydrogen-bond acceptors (Lipinski definition) is 4. The molecule has 0 spiro atoms. The number of carbonyl (C=O) groups is 1. The molecule has 0 radical (unpaired) electrons. The predicted molar refractivity (Wildman–Crippen MR) is 113 cm³/mol. The van der Waals surface area contributed by atoms with Crippen molar-refractivity contribution in [2.75, 3.05) is 13.7 Å². The summed E-state index contributed by atoms with van der Waals surface area (Å²) in [5, 5.41) is 10.4. The standard InChI is InChI=1S/C22H19BrN2O3/c1-4-28-22-17(23)10-14(11-19(22)27-3)9-15(12-24)21(26)20-13(2)25-18-8-6-5-7-16(18)20/h5-11,25H,4H2,1-3H3. The monoisotopic (exact) mass is 438 g/mol. The van der Waals surface area contributed by atoms with Gasteiger partial charge >= 0.3 is 0 Å². The van der Waals surface area contributed by atoms with E-state index in [0.717, 1.165) is 16.6 Å². The number of para-hydroxylation sites is 1. The van der Waals surface area contributed by atoms with Gasteiger partial charge in [0.15, 0.2) is 11.5 Å². The van der Waals surface area contributed by atoms with Gasteiger partial charge in [0.05, 0.1) is 23.8 Å². The number of benzene rings is 2. The molecule has 0 saturated carbocycles. The largest absolute Gasteiger partial charge is 0.493 e. The number of aryl methyl sites for hydroxylation is 1. The molecule has 6 heteroatoms. The third-order valence-corrected chi connectivity index (χ3v) is 4.93. The Morgan fingerprint density at radius 3 is 2.75 bits per heavy atom. The number of nitriles is 1. The number of Topliss-reactive ketones (excluding diaryl/α,β-unsaturated/α-hetero) is 1. The molecule has 3 rings (SSSR count). The second-order valence-corrected chi connectivity index (χ2v) is 6.99. The van der Waals surface area contributed by atoms with Crippen molar-refractivity contribution in [3.8, 4) is 17.6 Å². The van der Waals surface area contributed by atoms with Gasteiger partial charge in [0.25, 0.3) is 0 Å². The summed E-state index contributed by atoms with van der Waals surface area (Å²) in [4.78, 5) is 16.3. The van der Waals surface area contributed by atoms with Crippen LogP contribution in [0, 0.1) is 18.3 Å². The highest BCUT2D eigenvalue weighted by atomic mass is 79.9. The van der Waals surface area contributed by atoms with E-state index in [9.17, 15) is 10.1 Å². The number of nitrogens with one attached hydrogen (secondary N) is 1. The quantitative estimate of drug-likeness (QED) is 0.316. The zero-order valence-electron chi connectivity index (χ0n) is 15.8. The fraction of sp³-hybridized carbons (Fsp3) is 0.182. The van der Waals surface area contributed by atoms with Crippen LogP contribution < -0.4 is 9.47 Å². The number of methoxy groups -OCH3 is 1. The Morgan fingerprint density at radius 1 is 1.32 bits per heavy atom. The number of hydrogen-bond donors (Lipinski definition) is 1. The summed E-state index contributed by atoms with van der Waals surface area (Å²) in [6.45, 7) is 4.21. The summed E-state index contributed by atoms with van der Waals surface area (Å²) >= 11 is 3.46. The Kier molecular flexibility index (Phi) is 5.86. The van der Waals surface area contributed by atoms with Crippen LogP contribution in [-0.4, -0.2) is 24.5 Å². The van der Waals surface area contributed by atoms with Gasteiger partial charge in [0.2, 0.25) is 5.78 Å². The van der Waals surface area contributed by atoms with Crippen LogP contribution in [0.4, 0.5) is 0 Å². The molecule has 0 atom stereocenters. The van der Waals surface area contributed by atoms with Gasteiger partial charge in [0.1, 0.15) is 11.6 Å². The molecule has 0 amide bonds. The van der Waals surface area contributed by atoms with Crippen LogP contribution in [0.1, 0.15) is 28.5 Å². The molecule has 1 aromatic heterocycles. The molecule has 0 unspecified atom stereocenters. The van der Waals surface area contributed by atoms with Gasteiger partial charge in [-0.1, -0.05) is 18.2 Å². The Hall–Kier alpha value is -3.04. The van der Waals surface area contributed by atoms with Gasteiger partial charge in [-0.2, -0.15) is 5.26 Å². The second-order valence-electron chi connectivity index (χ2n) is 6.14. The van der Waals surface area contributed by atoms with Crippen LogP contribution in [0.25, 0.3) is 17.0 Å². The summed E-state index contributed by atoms with van der Waals surface area (Å²) in [6.07, 6.45) is 1.56. The van der Waals surface area contributed by atoms with Crippen LogP contribution >= 0.6 is 15.9 Å². The Bertz CT molecular complexity index is 1120. The van der Waals surface area contributed by atoms with Crippen molar-refractivity contribution >= 4 is 38.7 Å². The lowest BCUT2D eigenvalue weighted by molar-refractivity contribution is 0.104. The van der Waals surface area contributed by atoms with E-state index in [4.69, 9.17) is 9.47 Å². The molecule has 0 aliphatic carbocycles. The molecule has 1 N–H and O–H groups in total. The van der Waals surface area contributed by atoms with Crippen molar-refractivity contribution in [1.29, 1.82) is 5.26 Å². The number of H-pyrrole nitrogens is 1. The number of nitrogens with zero attached hydrogens (tertiary/aromatic N) is 1. The predicted octanol–water partition coefficient (Wildman–Crippen LogP) is 5.44.